The summed E-state index contributed by atoms with van der Waals surface area (Å²) in [5.74, 6) is 0.551. The zero-order chi connectivity index (χ0) is 15.3. The first-order valence-corrected chi connectivity index (χ1v) is 8.54. The second-order valence-electron chi connectivity index (χ2n) is 5.56. The molecule has 0 aliphatic heterocycles. The van der Waals surface area contributed by atoms with Crippen LogP contribution in [0.3, 0.4) is 0 Å². The van der Waals surface area contributed by atoms with Gasteiger partial charge in [0.1, 0.15) is 0 Å². The van der Waals surface area contributed by atoms with Crippen molar-refractivity contribution in [3.63, 3.8) is 0 Å². The monoisotopic (exact) mass is 276 g/mol. The summed E-state index contributed by atoms with van der Waals surface area (Å²) < 4.78 is 0. The Morgan fingerprint density at radius 2 is 1.65 bits per heavy atom. The summed E-state index contributed by atoms with van der Waals surface area (Å²) in [6.07, 6.45) is 5.58. The molecule has 1 N–H and O–H groups in total. The fourth-order valence-electron chi connectivity index (χ4n) is 3.55. The summed E-state index contributed by atoms with van der Waals surface area (Å²) >= 11 is 0. The standard InChI is InChI=1S/C15H20O.2C2H6/c1-9(2)14-12-5-3-4-10(12)8-11-6-7-13(16)15(11)14;2*1-2/h8-9,13,16H,3-7H2,1-2H3;2*1-2H3. The second-order valence-corrected chi connectivity index (χ2v) is 5.56. The lowest BCUT2D eigenvalue weighted by Crippen LogP contribution is -2.05. The van der Waals surface area contributed by atoms with Crippen molar-refractivity contribution in [2.75, 3.05) is 0 Å². The molecule has 0 radical (unpaired) electrons. The van der Waals surface area contributed by atoms with Crippen LogP contribution in [-0.4, -0.2) is 5.11 Å². The van der Waals surface area contributed by atoms with E-state index in [9.17, 15) is 5.11 Å². The van der Waals surface area contributed by atoms with Gasteiger partial charge in [-0.15, -0.1) is 0 Å². The van der Waals surface area contributed by atoms with Crippen LogP contribution in [0, 0.1) is 0 Å². The first kappa shape index (κ1) is 17.2. The Balaban J connectivity index is 0.000000461. The maximum absolute atomic E-state index is 10.1. The van der Waals surface area contributed by atoms with Crippen molar-refractivity contribution in [1.82, 2.24) is 0 Å². The molecule has 3 rings (SSSR count). The molecule has 1 aromatic carbocycles. The molecule has 0 bridgehead atoms. The van der Waals surface area contributed by atoms with Gasteiger partial charge in [-0.25, -0.2) is 0 Å². The average molecular weight is 276 g/mol. The highest BCUT2D eigenvalue weighted by atomic mass is 16.3. The number of aliphatic hydroxyl groups is 1. The molecular weight excluding hydrogens is 244 g/mol. The van der Waals surface area contributed by atoms with Crippen molar-refractivity contribution in [2.45, 2.75) is 85.7 Å². The minimum absolute atomic E-state index is 0.196. The third kappa shape index (κ3) is 3.09. The number of hydrogen-bond donors (Lipinski definition) is 1. The number of aliphatic hydroxyl groups excluding tert-OH is 1. The zero-order valence-electron chi connectivity index (χ0n) is 14.2. The van der Waals surface area contributed by atoms with Crippen molar-refractivity contribution in [1.29, 1.82) is 0 Å². The Kier molecular flexibility index (Phi) is 6.75. The van der Waals surface area contributed by atoms with E-state index in [2.05, 4.69) is 19.9 Å². The Morgan fingerprint density at radius 3 is 2.25 bits per heavy atom. The molecule has 2 aliphatic rings. The molecule has 1 aromatic rings. The van der Waals surface area contributed by atoms with Gasteiger partial charge >= 0.3 is 0 Å². The number of fused-ring (bicyclic) bond motifs is 2. The van der Waals surface area contributed by atoms with Crippen LogP contribution in [0.5, 0.6) is 0 Å². The molecule has 0 saturated carbocycles. The normalized spacial score (nSPS) is 18.7. The Bertz CT molecular complexity index is 432. The van der Waals surface area contributed by atoms with Gasteiger partial charge in [-0.1, -0.05) is 47.6 Å². The molecule has 1 heteroatoms. The number of rotatable bonds is 1. The van der Waals surface area contributed by atoms with Crippen LogP contribution >= 0.6 is 0 Å². The number of aryl methyl sites for hydroxylation is 2. The smallest absolute Gasteiger partial charge is 0.0798 e. The van der Waals surface area contributed by atoms with E-state index in [1.54, 1.807) is 11.1 Å². The Labute approximate surface area is 125 Å². The van der Waals surface area contributed by atoms with Gasteiger partial charge in [0.15, 0.2) is 0 Å². The number of benzene rings is 1. The molecular formula is C19H32O. The van der Waals surface area contributed by atoms with Gasteiger partial charge in [-0.2, -0.15) is 0 Å². The molecule has 20 heavy (non-hydrogen) atoms. The van der Waals surface area contributed by atoms with E-state index in [0.29, 0.717) is 5.92 Å². The molecule has 1 nitrogen and oxygen atoms in total. The van der Waals surface area contributed by atoms with Crippen LogP contribution in [0.25, 0.3) is 0 Å². The second kappa shape index (κ2) is 7.83. The molecule has 0 fully saturated rings. The predicted octanol–water partition coefficient (Wildman–Crippen LogP) is 5.33. The van der Waals surface area contributed by atoms with Crippen LogP contribution in [-0.2, 0) is 19.3 Å². The lowest BCUT2D eigenvalue weighted by Gasteiger charge is -2.19. The van der Waals surface area contributed by atoms with E-state index in [4.69, 9.17) is 0 Å². The van der Waals surface area contributed by atoms with Crippen LogP contribution in [0.2, 0.25) is 0 Å². The summed E-state index contributed by atoms with van der Waals surface area (Å²) in [4.78, 5) is 0. The first-order valence-electron chi connectivity index (χ1n) is 8.54. The summed E-state index contributed by atoms with van der Waals surface area (Å²) in [6, 6.07) is 2.37. The van der Waals surface area contributed by atoms with E-state index < -0.39 is 0 Å². The van der Waals surface area contributed by atoms with Gasteiger partial charge in [0.2, 0.25) is 0 Å². The molecule has 0 amide bonds. The Morgan fingerprint density at radius 1 is 1.00 bits per heavy atom. The van der Waals surface area contributed by atoms with Crippen molar-refractivity contribution in [3.05, 3.63) is 33.9 Å². The van der Waals surface area contributed by atoms with E-state index in [0.717, 1.165) is 12.8 Å². The van der Waals surface area contributed by atoms with Crippen LogP contribution in [0.1, 0.15) is 94.2 Å². The third-order valence-corrected chi connectivity index (χ3v) is 4.17. The highest BCUT2D eigenvalue weighted by Gasteiger charge is 2.29. The fraction of sp³-hybridized carbons (Fsp3) is 0.684. The zero-order valence-corrected chi connectivity index (χ0v) is 14.2. The molecule has 2 aliphatic carbocycles. The van der Waals surface area contributed by atoms with Crippen LogP contribution < -0.4 is 0 Å². The van der Waals surface area contributed by atoms with Gasteiger partial charge in [0.25, 0.3) is 0 Å². The largest absolute Gasteiger partial charge is 0.388 e. The van der Waals surface area contributed by atoms with E-state index in [1.165, 1.54) is 36.0 Å². The van der Waals surface area contributed by atoms with E-state index in [1.807, 2.05) is 27.7 Å². The summed E-state index contributed by atoms with van der Waals surface area (Å²) in [5, 5.41) is 10.1. The van der Waals surface area contributed by atoms with Crippen LogP contribution in [0.4, 0.5) is 0 Å². The van der Waals surface area contributed by atoms with Crippen LogP contribution in [0.15, 0.2) is 6.07 Å². The van der Waals surface area contributed by atoms with Crippen molar-refractivity contribution >= 4 is 0 Å². The topological polar surface area (TPSA) is 20.2 Å². The maximum atomic E-state index is 10.1. The minimum atomic E-state index is -0.196. The van der Waals surface area contributed by atoms with Gasteiger partial charge in [0.05, 0.1) is 6.10 Å². The average Bonchev–Trinajstić information content (AvgIpc) is 3.08. The highest BCUT2D eigenvalue weighted by Crippen LogP contribution is 2.42. The fourth-order valence-corrected chi connectivity index (χ4v) is 3.55. The molecule has 0 aromatic heterocycles. The summed E-state index contributed by atoms with van der Waals surface area (Å²) in [6.45, 7) is 12.5. The van der Waals surface area contributed by atoms with E-state index >= 15 is 0 Å². The predicted molar refractivity (Wildman–Crippen MR) is 88.5 cm³/mol. The maximum Gasteiger partial charge on any atom is 0.0798 e. The SMILES string of the molecule is CC.CC.CC(C)c1c2c(cc3c1C(O)CC3)CCC2. The van der Waals surface area contributed by atoms with Gasteiger partial charge in [-0.3, -0.25) is 0 Å². The van der Waals surface area contributed by atoms with Gasteiger partial charge in [-0.05, 0) is 65.8 Å². The molecule has 1 atom stereocenters. The molecule has 114 valence electrons. The molecule has 0 heterocycles. The molecule has 0 saturated heterocycles. The summed E-state index contributed by atoms with van der Waals surface area (Å²) in [5.41, 5.74) is 7.33. The molecule has 0 spiro atoms. The first-order chi connectivity index (χ1) is 9.68. The Hall–Kier alpha value is -0.820. The van der Waals surface area contributed by atoms with E-state index in [-0.39, 0.29) is 6.10 Å². The van der Waals surface area contributed by atoms with Crippen molar-refractivity contribution in [2.24, 2.45) is 0 Å². The van der Waals surface area contributed by atoms with Gasteiger partial charge < -0.3 is 5.11 Å². The highest BCUT2D eigenvalue weighted by molar-refractivity contribution is 5.52. The third-order valence-electron chi connectivity index (χ3n) is 4.17. The minimum Gasteiger partial charge on any atom is -0.388 e. The van der Waals surface area contributed by atoms with Gasteiger partial charge in [0, 0.05) is 0 Å². The lowest BCUT2D eigenvalue weighted by atomic mass is 9.87. The summed E-state index contributed by atoms with van der Waals surface area (Å²) in [7, 11) is 0. The van der Waals surface area contributed by atoms with Crippen molar-refractivity contribution in [3.8, 4) is 0 Å². The number of hydrogen-bond acceptors (Lipinski definition) is 1. The van der Waals surface area contributed by atoms with Crippen molar-refractivity contribution < 1.29 is 5.11 Å². The quantitative estimate of drug-likeness (QED) is 0.735. The molecule has 1 unspecified atom stereocenters. The lowest BCUT2D eigenvalue weighted by molar-refractivity contribution is 0.178.